The van der Waals surface area contributed by atoms with E-state index >= 15 is 0 Å². The van der Waals surface area contributed by atoms with E-state index in [1.807, 2.05) is 10.6 Å². The second-order valence-electron chi connectivity index (χ2n) is 4.47. The molecule has 3 nitrogen and oxygen atoms in total. The highest BCUT2D eigenvalue weighted by molar-refractivity contribution is 6.35. The van der Waals surface area contributed by atoms with Crippen molar-refractivity contribution in [1.82, 2.24) is 9.55 Å². The standard InChI is InChI=1S/C14H16Cl2N2O/c1-2-5-18-9-17-8-13(18)14(19)6-10-3-4-11(15)7-12(10)16/h3-4,7-9,14,19H,2,5-6H2,1H3. The fourth-order valence-corrected chi connectivity index (χ4v) is 2.52. The molecule has 2 aromatic rings. The molecular formula is C14H16Cl2N2O. The minimum atomic E-state index is -0.618. The molecule has 1 aromatic heterocycles. The topological polar surface area (TPSA) is 38.0 Å². The maximum absolute atomic E-state index is 10.3. The molecule has 102 valence electrons. The van der Waals surface area contributed by atoms with Gasteiger partial charge in [-0.2, -0.15) is 0 Å². The average molecular weight is 299 g/mol. The molecule has 0 saturated heterocycles. The van der Waals surface area contributed by atoms with Crippen LogP contribution in [0.3, 0.4) is 0 Å². The van der Waals surface area contributed by atoms with Crippen molar-refractivity contribution in [1.29, 1.82) is 0 Å². The van der Waals surface area contributed by atoms with Crippen LogP contribution in [0.5, 0.6) is 0 Å². The lowest BCUT2D eigenvalue weighted by Gasteiger charge is -2.14. The van der Waals surface area contributed by atoms with Gasteiger partial charge in [-0.05, 0) is 24.1 Å². The highest BCUT2D eigenvalue weighted by Crippen LogP contribution is 2.26. The van der Waals surface area contributed by atoms with Crippen LogP contribution in [0, 0.1) is 0 Å². The van der Waals surface area contributed by atoms with E-state index in [-0.39, 0.29) is 0 Å². The van der Waals surface area contributed by atoms with Crippen LogP contribution < -0.4 is 0 Å². The summed E-state index contributed by atoms with van der Waals surface area (Å²) in [6, 6.07) is 5.31. The zero-order chi connectivity index (χ0) is 13.8. The molecular weight excluding hydrogens is 283 g/mol. The molecule has 2 rings (SSSR count). The van der Waals surface area contributed by atoms with Crippen LogP contribution in [0.15, 0.2) is 30.7 Å². The zero-order valence-corrected chi connectivity index (χ0v) is 12.2. The Bertz CT molecular complexity index is 554. The van der Waals surface area contributed by atoms with E-state index in [0.29, 0.717) is 16.5 Å². The Morgan fingerprint density at radius 3 is 2.84 bits per heavy atom. The highest BCUT2D eigenvalue weighted by Gasteiger charge is 2.15. The van der Waals surface area contributed by atoms with Gasteiger partial charge in [0.05, 0.1) is 24.3 Å². The summed E-state index contributed by atoms with van der Waals surface area (Å²) in [5.41, 5.74) is 1.69. The van der Waals surface area contributed by atoms with Gasteiger partial charge in [-0.25, -0.2) is 4.98 Å². The number of aliphatic hydroxyl groups is 1. The number of aromatic nitrogens is 2. The van der Waals surface area contributed by atoms with Gasteiger partial charge in [0.15, 0.2) is 0 Å². The van der Waals surface area contributed by atoms with Crippen molar-refractivity contribution in [3.8, 4) is 0 Å². The van der Waals surface area contributed by atoms with Gasteiger partial charge in [0.25, 0.3) is 0 Å². The lowest BCUT2D eigenvalue weighted by Crippen LogP contribution is -2.09. The number of nitrogens with zero attached hydrogens (tertiary/aromatic N) is 2. The monoisotopic (exact) mass is 298 g/mol. The number of halogens is 2. The van der Waals surface area contributed by atoms with Crippen molar-refractivity contribution in [2.24, 2.45) is 0 Å². The van der Waals surface area contributed by atoms with Gasteiger partial charge in [0.2, 0.25) is 0 Å². The van der Waals surface area contributed by atoms with Gasteiger partial charge < -0.3 is 9.67 Å². The lowest BCUT2D eigenvalue weighted by atomic mass is 10.1. The van der Waals surface area contributed by atoms with Gasteiger partial charge in [0, 0.05) is 23.0 Å². The van der Waals surface area contributed by atoms with Crippen molar-refractivity contribution in [3.05, 3.63) is 52.0 Å². The predicted octanol–water partition coefficient (Wildman–Crippen LogP) is 3.88. The predicted molar refractivity (Wildman–Crippen MR) is 77.6 cm³/mol. The largest absolute Gasteiger partial charge is 0.386 e. The lowest BCUT2D eigenvalue weighted by molar-refractivity contribution is 0.168. The SMILES string of the molecule is CCCn1cncc1C(O)Cc1ccc(Cl)cc1Cl. The first-order valence-electron chi connectivity index (χ1n) is 6.23. The van der Waals surface area contributed by atoms with E-state index in [1.165, 1.54) is 0 Å². The first kappa shape index (κ1) is 14.4. The van der Waals surface area contributed by atoms with E-state index in [2.05, 4.69) is 11.9 Å². The number of hydrogen-bond acceptors (Lipinski definition) is 2. The average Bonchev–Trinajstić information content (AvgIpc) is 2.81. The van der Waals surface area contributed by atoms with E-state index in [0.717, 1.165) is 24.2 Å². The molecule has 0 fully saturated rings. The minimum absolute atomic E-state index is 0.450. The third-order valence-electron chi connectivity index (χ3n) is 2.98. The maximum Gasteiger partial charge on any atom is 0.0996 e. The molecule has 0 bridgehead atoms. The van der Waals surface area contributed by atoms with Crippen molar-refractivity contribution >= 4 is 23.2 Å². The molecule has 5 heteroatoms. The fourth-order valence-electron chi connectivity index (χ4n) is 2.04. The minimum Gasteiger partial charge on any atom is -0.386 e. The summed E-state index contributed by atoms with van der Waals surface area (Å²) in [7, 11) is 0. The molecule has 1 N–H and O–H groups in total. The Morgan fingerprint density at radius 1 is 1.37 bits per heavy atom. The molecule has 0 aliphatic heterocycles. The summed E-state index contributed by atoms with van der Waals surface area (Å²) in [4.78, 5) is 4.09. The molecule has 19 heavy (non-hydrogen) atoms. The van der Waals surface area contributed by atoms with Crippen LogP contribution in [0.1, 0.15) is 30.7 Å². The number of imidazole rings is 1. The Balaban J connectivity index is 2.16. The van der Waals surface area contributed by atoms with Gasteiger partial charge in [-0.1, -0.05) is 36.2 Å². The van der Waals surface area contributed by atoms with Crippen molar-refractivity contribution < 1.29 is 5.11 Å². The third-order valence-corrected chi connectivity index (χ3v) is 3.57. The Morgan fingerprint density at radius 2 is 2.16 bits per heavy atom. The number of benzene rings is 1. The number of hydrogen-bond donors (Lipinski definition) is 1. The van der Waals surface area contributed by atoms with Gasteiger partial charge in [-0.3, -0.25) is 0 Å². The van der Waals surface area contributed by atoms with Crippen LogP contribution in [-0.4, -0.2) is 14.7 Å². The molecule has 0 aliphatic rings. The summed E-state index contributed by atoms with van der Waals surface area (Å²) in [6.45, 7) is 2.94. The van der Waals surface area contributed by atoms with E-state index in [4.69, 9.17) is 23.2 Å². The molecule has 1 heterocycles. The maximum atomic E-state index is 10.3. The molecule has 1 aromatic carbocycles. The first-order chi connectivity index (χ1) is 9.11. The molecule has 0 radical (unpaired) electrons. The molecule has 0 amide bonds. The number of aryl methyl sites for hydroxylation is 1. The molecule has 0 spiro atoms. The highest BCUT2D eigenvalue weighted by atomic mass is 35.5. The van der Waals surface area contributed by atoms with Crippen LogP contribution in [0.4, 0.5) is 0 Å². The summed E-state index contributed by atoms with van der Waals surface area (Å²) >= 11 is 12.0. The summed E-state index contributed by atoms with van der Waals surface area (Å²) in [5, 5.41) is 11.5. The summed E-state index contributed by atoms with van der Waals surface area (Å²) < 4.78 is 1.97. The second-order valence-corrected chi connectivity index (χ2v) is 5.31. The zero-order valence-electron chi connectivity index (χ0n) is 10.7. The van der Waals surface area contributed by atoms with Crippen molar-refractivity contribution in [2.75, 3.05) is 0 Å². The van der Waals surface area contributed by atoms with Crippen LogP contribution in [0.25, 0.3) is 0 Å². The number of rotatable bonds is 5. The fraction of sp³-hybridized carbons (Fsp3) is 0.357. The van der Waals surface area contributed by atoms with Gasteiger partial charge >= 0.3 is 0 Å². The Kier molecular flexibility index (Phi) is 4.86. The van der Waals surface area contributed by atoms with E-state index in [1.54, 1.807) is 24.7 Å². The quantitative estimate of drug-likeness (QED) is 0.910. The van der Waals surface area contributed by atoms with Crippen molar-refractivity contribution in [3.63, 3.8) is 0 Å². The Labute approximate surface area is 122 Å². The van der Waals surface area contributed by atoms with Gasteiger partial charge in [-0.15, -0.1) is 0 Å². The van der Waals surface area contributed by atoms with E-state index < -0.39 is 6.10 Å². The van der Waals surface area contributed by atoms with Crippen LogP contribution >= 0.6 is 23.2 Å². The van der Waals surface area contributed by atoms with Crippen molar-refractivity contribution in [2.45, 2.75) is 32.4 Å². The smallest absolute Gasteiger partial charge is 0.0996 e. The van der Waals surface area contributed by atoms with Gasteiger partial charge in [0.1, 0.15) is 0 Å². The normalized spacial score (nSPS) is 12.6. The molecule has 0 aliphatic carbocycles. The third kappa shape index (κ3) is 3.50. The molecule has 0 saturated carbocycles. The summed E-state index contributed by atoms with van der Waals surface area (Å²) in [6.07, 6.45) is 4.27. The van der Waals surface area contributed by atoms with Crippen LogP contribution in [0.2, 0.25) is 10.0 Å². The molecule has 1 unspecified atom stereocenters. The van der Waals surface area contributed by atoms with E-state index in [9.17, 15) is 5.11 Å². The van der Waals surface area contributed by atoms with Crippen LogP contribution in [-0.2, 0) is 13.0 Å². The molecule has 1 atom stereocenters. The first-order valence-corrected chi connectivity index (χ1v) is 6.99. The second kappa shape index (κ2) is 6.42. The Hall–Kier alpha value is -1.03. The number of aliphatic hydroxyl groups excluding tert-OH is 1. The summed E-state index contributed by atoms with van der Waals surface area (Å²) in [5.74, 6) is 0.